The van der Waals surface area contributed by atoms with Crippen LogP contribution in [0.2, 0.25) is 0 Å². The van der Waals surface area contributed by atoms with E-state index >= 15 is 0 Å². The first-order valence-corrected chi connectivity index (χ1v) is 8.62. The molecule has 1 saturated heterocycles. The number of hydrogen-bond acceptors (Lipinski definition) is 3. The summed E-state index contributed by atoms with van der Waals surface area (Å²) >= 11 is 1.64. The fourth-order valence-corrected chi connectivity index (χ4v) is 2.89. The third-order valence-corrected chi connectivity index (χ3v) is 4.53. The van der Waals surface area contributed by atoms with Crippen LogP contribution in [0, 0.1) is 0 Å². The monoisotopic (exact) mass is 306 g/mol. The third-order valence-electron chi connectivity index (χ3n) is 3.78. The molecule has 1 heterocycles. The fourth-order valence-electron chi connectivity index (χ4n) is 2.48. The van der Waals surface area contributed by atoms with Crippen molar-refractivity contribution in [3.8, 4) is 0 Å². The Morgan fingerprint density at radius 2 is 1.86 bits per heavy atom. The number of carbonyl (C=O) groups is 2. The van der Waals surface area contributed by atoms with Crippen molar-refractivity contribution >= 4 is 23.6 Å². The summed E-state index contributed by atoms with van der Waals surface area (Å²) in [6, 6.07) is 7.02. The van der Waals surface area contributed by atoms with E-state index in [-0.39, 0.29) is 11.8 Å². The molecule has 114 valence electrons. The zero-order valence-electron chi connectivity index (χ0n) is 12.6. The Kier molecular flexibility index (Phi) is 5.67. The van der Waals surface area contributed by atoms with Crippen molar-refractivity contribution in [2.45, 2.75) is 37.1 Å². The predicted molar refractivity (Wildman–Crippen MR) is 85.6 cm³/mol. The van der Waals surface area contributed by atoms with Gasteiger partial charge in [0.1, 0.15) is 6.04 Å². The van der Waals surface area contributed by atoms with Crippen molar-refractivity contribution in [1.29, 1.82) is 0 Å². The van der Waals surface area contributed by atoms with Gasteiger partial charge in [-0.05, 0) is 49.8 Å². The molecule has 21 heavy (non-hydrogen) atoms. The second kappa shape index (κ2) is 7.50. The van der Waals surface area contributed by atoms with Gasteiger partial charge in [0.2, 0.25) is 5.91 Å². The van der Waals surface area contributed by atoms with E-state index in [4.69, 9.17) is 0 Å². The molecular formula is C16H22N2O2S. The Hall–Kier alpha value is -1.49. The van der Waals surface area contributed by atoms with E-state index in [1.165, 1.54) is 0 Å². The SMILES string of the molecule is CCC(NC(=O)c1ccc(SC)cc1)C(=O)N1CCCC1. The highest BCUT2D eigenvalue weighted by Crippen LogP contribution is 2.15. The lowest BCUT2D eigenvalue weighted by Crippen LogP contribution is -2.47. The standard InChI is InChI=1S/C16H22N2O2S/c1-3-14(16(20)18-10-4-5-11-18)17-15(19)12-6-8-13(21-2)9-7-12/h6-9,14H,3-5,10-11H2,1-2H3,(H,17,19). The topological polar surface area (TPSA) is 49.4 Å². The maximum absolute atomic E-state index is 12.4. The molecule has 0 aliphatic carbocycles. The van der Waals surface area contributed by atoms with Crippen LogP contribution in [-0.4, -0.2) is 42.1 Å². The van der Waals surface area contributed by atoms with Gasteiger partial charge >= 0.3 is 0 Å². The van der Waals surface area contributed by atoms with Crippen LogP contribution in [0.1, 0.15) is 36.5 Å². The Balaban J connectivity index is 1.99. The van der Waals surface area contributed by atoms with Gasteiger partial charge in [-0.15, -0.1) is 11.8 Å². The van der Waals surface area contributed by atoms with Gasteiger partial charge in [-0.3, -0.25) is 9.59 Å². The van der Waals surface area contributed by atoms with Crippen LogP contribution < -0.4 is 5.32 Å². The van der Waals surface area contributed by atoms with Crippen molar-refractivity contribution < 1.29 is 9.59 Å². The van der Waals surface area contributed by atoms with Crippen LogP contribution in [0.15, 0.2) is 29.2 Å². The van der Waals surface area contributed by atoms with Crippen molar-refractivity contribution in [2.75, 3.05) is 19.3 Å². The molecule has 1 aliphatic rings. The highest BCUT2D eigenvalue weighted by molar-refractivity contribution is 7.98. The van der Waals surface area contributed by atoms with Crippen molar-refractivity contribution in [3.05, 3.63) is 29.8 Å². The zero-order chi connectivity index (χ0) is 15.2. The molecule has 2 amide bonds. The smallest absolute Gasteiger partial charge is 0.251 e. The van der Waals surface area contributed by atoms with E-state index in [9.17, 15) is 9.59 Å². The highest BCUT2D eigenvalue weighted by Gasteiger charge is 2.26. The van der Waals surface area contributed by atoms with E-state index in [1.54, 1.807) is 23.9 Å². The maximum atomic E-state index is 12.4. The summed E-state index contributed by atoms with van der Waals surface area (Å²) in [5, 5.41) is 2.86. The molecule has 1 aromatic rings. The van der Waals surface area contributed by atoms with Gasteiger partial charge in [0.25, 0.3) is 5.91 Å². The maximum Gasteiger partial charge on any atom is 0.251 e. The van der Waals surface area contributed by atoms with Gasteiger partial charge in [-0.2, -0.15) is 0 Å². The number of carbonyl (C=O) groups excluding carboxylic acids is 2. The molecule has 1 aliphatic heterocycles. The first-order chi connectivity index (χ1) is 10.2. The van der Waals surface area contributed by atoms with Crippen LogP contribution in [0.5, 0.6) is 0 Å². The third kappa shape index (κ3) is 4.00. The summed E-state index contributed by atoms with van der Waals surface area (Å²) in [6.45, 7) is 3.55. The molecule has 0 radical (unpaired) electrons. The first-order valence-electron chi connectivity index (χ1n) is 7.39. The first kappa shape index (κ1) is 15.9. The lowest BCUT2D eigenvalue weighted by atomic mass is 10.1. The molecule has 0 spiro atoms. The molecular weight excluding hydrogens is 284 g/mol. The number of rotatable bonds is 5. The second-order valence-electron chi connectivity index (χ2n) is 5.20. The number of likely N-dealkylation sites (tertiary alicyclic amines) is 1. The molecule has 4 nitrogen and oxygen atoms in total. The van der Waals surface area contributed by atoms with Gasteiger partial charge in [-0.1, -0.05) is 6.92 Å². The number of nitrogens with zero attached hydrogens (tertiary/aromatic N) is 1. The molecule has 1 unspecified atom stereocenters. The Morgan fingerprint density at radius 3 is 2.38 bits per heavy atom. The molecule has 1 fully saturated rings. The number of amides is 2. The van der Waals surface area contributed by atoms with E-state index in [2.05, 4.69) is 5.32 Å². The van der Waals surface area contributed by atoms with Crippen molar-refractivity contribution in [1.82, 2.24) is 10.2 Å². The van der Waals surface area contributed by atoms with E-state index < -0.39 is 6.04 Å². The molecule has 2 rings (SSSR count). The van der Waals surface area contributed by atoms with E-state index in [1.807, 2.05) is 30.2 Å². The zero-order valence-corrected chi connectivity index (χ0v) is 13.4. The minimum Gasteiger partial charge on any atom is -0.341 e. The summed E-state index contributed by atoms with van der Waals surface area (Å²) < 4.78 is 0. The molecule has 1 aromatic carbocycles. The Labute approximate surface area is 130 Å². The predicted octanol–water partition coefficient (Wildman–Crippen LogP) is 2.54. The number of nitrogens with one attached hydrogen (secondary N) is 1. The Morgan fingerprint density at radius 1 is 1.24 bits per heavy atom. The number of benzene rings is 1. The van der Waals surface area contributed by atoms with Gasteiger partial charge in [0.15, 0.2) is 0 Å². The summed E-state index contributed by atoms with van der Waals surface area (Å²) in [5.41, 5.74) is 0.598. The number of thioether (sulfide) groups is 1. The van der Waals surface area contributed by atoms with Gasteiger partial charge in [0.05, 0.1) is 0 Å². The minimum absolute atomic E-state index is 0.0454. The Bertz CT molecular complexity index is 496. The molecule has 1 atom stereocenters. The second-order valence-corrected chi connectivity index (χ2v) is 6.07. The van der Waals surface area contributed by atoms with E-state index in [0.29, 0.717) is 12.0 Å². The molecule has 0 bridgehead atoms. The normalized spacial score (nSPS) is 15.8. The molecule has 0 saturated carbocycles. The van der Waals surface area contributed by atoms with Crippen LogP contribution in [0.3, 0.4) is 0 Å². The van der Waals surface area contributed by atoms with Gasteiger partial charge in [0, 0.05) is 23.5 Å². The summed E-state index contributed by atoms with van der Waals surface area (Å²) in [5.74, 6) is -0.133. The number of hydrogen-bond donors (Lipinski definition) is 1. The molecule has 0 aromatic heterocycles. The lowest BCUT2D eigenvalue weighted by Gasteiger charge is -2.23. The van der Waals surface area contributed by atoms with Crippen LogP contribution in [-0.2, 0) is 4.79 Å². The van der Waals surface area contributed by atoms with Crippen LogP contribution in [0.4, 0.5) is 0 Å². The molecule has 5 heteroatoms. The van der Waals surface area contributed by atoms with Crippen LogP contribution >= 0.6 is 11.8 Å². The van der Waals surface area contributed by atoms with Crippen molar-refractivity contribution in [3.63, 3.8) is 0 Å². The summed E-state index contributed by atoms with van der Waals surface area (Å²) in [7, 11) is 0. The van der Waals surface area contributed by atoms with Gasteiger partial charge in [-0.25, -0.2) is 0 Å². The minimum atomic E-state index is -0.421. The lowest BCUT2D eigenvalue weighted by molar-refractivity contribution is -0.132. The van der Waals surface area contributed by atoms with Crippen LogP contribution in [0.25, 0.3) is 0 Å². The average Bonchev–Trinajstić information content (AvgIpc) is 3.06. The van der Waals surface area contributed by atoms with Gasteiger partial charge < -0.3 is 10.2 Å². The van der Waals surface area contributed by atoms with Crippen molar-refractivity contribution in [2.24, 2.45) is 0 Å². The largest absolute Gasteiger partial charge is 0.341 e. The quantitative estimate of drug-likeness (QED) is 0.851. The average molecular weight is 306 g/mol. The highest BCUT2D eigenvalue weighted by atomic mass is 32.2. The fraction of sp³-hybridized carbons (Fsp3) is 0.500. The summed E-state index contributed by atoms with van der Waals surface area (Å²) in [6.07, 6.45) is 4.74. The summed E-state index contributed by atoms with van der Waals surface area (Å²) in [4.78, 5) is 27.6. The molecule has 1 N–H and O–H groups in total. The van der Waals surface area contributed by atoms with E-state index in [0.717, 1.165) is 30.8 Å².